The summed E-state index contributed by atoms with van der Waals surface area (Å²) < 4.78 is 38.6. The van der Waals surface area contributed by atoms with E-state index in [9.17, 15) is 0 Å². The van der Waals surface area contributed by atoms with E-state index in [1.165, 1.54) is 0 Å². The Bertz CT molecular complexity index is 109. The van der Waals surface area contributed by atoms with Crippen molar-refractivity contribution in [2.75, 3.05) is 0 Å². The summed E-state index contributed by atoms with van der Waals surface area (Å²) in [7, 11) is -3.31. The fourth-order valence-corrected chi connectivity index (χ4v) is 0. The van der Waals surface area contributed by atoms with Gasteiger partial charge in [-0.2, -0.15) is 0 Å². The minimum Gasteiger partial charge on any atom is -0.759 e. The van der Waals surface area contributed by atoms with Crippen molar-refractivity contribution >= 4 is 80.3 Å². The Morgan fingerprint density at radius 3 is 1.22 bits per heavy atom. The van der Waals surface area contributed by atoms with Crippen molar-refractivity contribution in [3.8, 4) is 0 Å². The standard InChI is InChI=1S/Ba.H2O4S.H6OSi2/c;1-5(2,3)4;2-1-3/h;(H2,1,2,3,4);2-3H3/q+2;;/p-2. The van der Waals surface area contributed by atoms with Crippen LogP contribution in [0.1, 0.15) is 0 Å². The zero-order valence-electron chi connectivity index (χ0n) is 5.16. The Balaban J connectivity index is -0.0000000800. The molecule has 0 N–H and O–H groups in total. The summed E-state index contributed by atoms with van der Waals surface area (Å²) in [6.45, 7) is 0. The average molecular weight is 312 g/mol. The van der Waals surface area contributed by atoms with Gasteiger partial charge in [-0.25, -0.2) is 0 Å². The summed E-state index contributed by atoms with van der Waals surface area (Å²) in [5, 5.41) is 0. The molecule has 0 fully saturated rings. The summed E-state index contributed by atoms with van der Waals surface area (Å²) in [4.78, 5) is 0. The summed E-state index contributed by atoms with van der Waals surface area (Å²) >= 11 is 0. The normalized spacial score (nSPS) is 9.11. The average Bonchev–Trinajstić information content (AvgIpc) is 1.27. The third kappa shape index (κ3) is 179. The van der Waals surface area contributed by atoms with Gasteiger partial charge >= 0.3 is 48.9 Å². The van der Waals surface area contributed by atoms with Crippen molar-refractivity contribution in [2.24, 2.45) is 0 Å². The van der Waals surface area contributed by atoms with Crippen LogP contribution in [0, 0.1) is 0 Å². The van der Waals surface area contributed by atoms with E-state index in [1.807, 2.05) is 0 Å². The molecule has 0 aliphatic rings. The van der Waals surface area contributed by atoms with Crippen LogP contribution in [-0.2, 0) is 14.5 Å². The third-order valence-electron chi connectivity index (χ3n) is 0. The maximum Gasteiger partial charge on any atom is 2.00 e. The molecule has 0 amide bonds. The molecule has 0 aliphatic carbocycles. The Kier molecular flexibility index (Phi) is 18.7. The Hall–Kier alpha value is 1.84. The predicted octanol–water partition coefficient (Wildman–Crippen LogP) is -4.16. The summed E-state index contributed by atoms with van der Waals surface area (Å²) in [6.07, 6.45) is 0. The largest absolute Gasteiger partial charge is 2.00 e. The summed E-state index contributed by atoms with van der Waals surface area (Å²) in [5.41, 5.74) is 0. The first kappa shape index (κ1) is 17.1. The molecule has 0 aromatic carbocycles. The van der Waals surface area contributed by atoms with Crippen LogP contribution in [-0.4, -0.2) is 87.4 Å². The van der Waals surface area contributed by atoms with E-state index in [0.717, 1.165) is 21.0 Å². The van der Waals surface area contributed by atoms with Crippen molar-refractivity contribution < 1.29 is 21.6 Å². The van der Waals surface area contributed by atoms with Gasteiger partial charge in [0, 0.05) is 10.4 Å². The Labute approximate surface area is 100 Å². The number of hydrogen-bond donors (Lipinski definition) is 0. The quantitative estimate of drug-likeness (QED) is 0.257. The van der Waals surface area contributed by atoms with Gasteiger partial charge in [-0.15, -0.1) is 0 Å². The monoisotopic (exact) mass is 312 g/mol. The minimum atomic E-state index is -5.17. The fraction of sp³-hybridized carbons (Fsp3) is 0. The van der Waals surface area contributed by atoms with Crippen LogP contribution < -0.4 is 0 Å². The number of rotatable bonds is 0. The van der Waals surface area contributed by atoms with Crippen LogP contribution in [0.25, 0.3) is 0 Å². The Morgan fingerprint density at radius 1 is 1.22 bits per heavy atom. The SMILES string of the molecule is O=S(=O)([O-])[O-].[Ba+2].[SiH3]O[SiH3]. The second-order valence-corrected chi connectivity index (χ2v) is 4.90. The van der Waals surface area contributed by atoms with Crippen molar-refractivity contribution in [3.05, 3.63) is 0 Å². The van der Waals surface area contributed by atoms with Crippen LogP contribution in [0.15, 0.2) is 0 Å². The molecule has 0 atom stereocenters. The van der Waals surface area contributed by atoms with Crippen LogP contribution in [0.4, 0.5) is 0 Å². The molecule has 0 heterocycles. The number of hydrogen-bond acceptors (Lipinski definition) is 5. The smallest absolute Gasteiger partial charge is 0.759 e. The molecule has 9 heteroatoms. The van der Waals surface area contributed by atoms with Gasteiger partial charge in [-0.3, -0.25) is 8.42 Å². The first-order valence-electron chi connectivity index (χ1n) is 1.48. The van der Waals surface area contributed by atoms with Gasteiger partial charge in [-0.1, -0.05) is 0 Å². The van der Waals surface area contributed by atoms with Crippen LogP contribution >= 0.6 is 0 Å². The van der Waals surface area contributed by atoms with Gasteiger partial charge in [0.1, 0.15) is 21.0 Å². The molecule has 0 aliphatic heterocycles. The fourth-order valence-electron chi connectivity index (χ4n) is 0. The molecule has 0 spiro atoms. The molecule has 0 saturated heterocycles. The van der Waals surface area contributed by atoms with Crippen molar-refractivity contribution in [1.82, 2.24) is 0 Å². The molecule has 0 radical (unpaired) electrons. The first-order valence-corrected chi connectivity index (χ1v) is 4.45. The van der Waals surface area contributed by atoms with Crippen LogP contribution in [0.5, 0.6) is 0 Å². The predicted molar refractivity (Wildman–Crippen MR) is 37.2 cm³/mol. The third-order valence-corrected chi connectivity index (χ3v) is 0. The van der Waals surface area contributed by atoms with E-state index in [-0.39, 0.29) is 48.9 Å². The maximum atomic E-state index is 8.52. The molecular formula is H6BaO5SSi2. The van der Waals surface area contributed by atoms with Crippen LogP contribution in [0.3, 0.4) is 0 Å². The zero-order chi connectivity index (χ0) is 7.21. The van der Waals surface area contributed by atoms with Crippen molar-refractivity contribution in [2.45, 2.75) is 0 Å². The van der Waals surface area contributed by atoms with Gasteiger partial charge in [0.25, 0.3) is 0 Å². The first-order chi connectivity index (χ1) is 3.41. The molecule has 0 rings (SSSR count). The van der Waals surface area contributed by atoms with Gasteiger partial charge in [0.15, 0.2) is 0 Å². The summed E-state index contributed by atoms with van der Waals surface area (Å²) in [5.74, 6) is 0. The molecule has 9 heavy (non-hydrogen) atoms. The van der Waals surface area contributed by atoms with E-state index in [4.69, 9.17) is 17.5 Å². The Morgan fingerprint density at radius 2 is 1.22 bits per heavy atom. The molecule has 0 bridgehead atoms. The van der Waals surface area contributed by atoms with Gasteiger partial charge in [0.2, 0.25) is 0 Å². The topological polar surface area (TPSA) is 89.5 Å². The van der Waals surface area contributed by atoms with E-state index in [1.54, 1.807) is 0 Å². The van der Waals surface area contributed by atoms with Crippen molar-refractivity contribution in [3.63, 3.8) is 0 Å². The zero-order valence-corrected chi connectivity index (χ0v) is 14.4. The molecule has 0 aromatic rings. The van der Waals surface area contributed by atoms with E-state index >= 15 is 0 Å². The second kappa shape index (κ2) is 9.84. The molecule has 52 valence electrons. The molecule has 0 saturated carbocycles. The minimum absolute atomic E-state index is 0. The van der Waals surface area contributed by atoms with E-state index < -0.39 is 10.4 Å². The van der Waals surface area contributed by atoms with Crippen LogP contribution in [0.2, 0.25) is 0 Å². The summed E-state index contributed by atoms with van der Waals surface area (Å²) in [6, 6.07) is 0. The van der Waals surface area contributed by atoms with Gasteiger partial charge in [-0.05, 0) is 0 Å². The molecule has 5 nitrogen and oxygen atoms in total. The second-order valence-electron chi connectivity index (χ2n) is 0.816. The molecular weight excluding hydrogens is 306 g/mol. The maximum absolute atomic E-state index is 8.52. The molecule has 0 unspecified atom stereocenters. The van der Waals surface area contributed by atoms with Gasteiger partial charge < -0.3 is 13.2 Å². The van der Waals surface area contributed by atoms with Crippen molar-refractivity contribution in [1.29, 1.82) is 0 Å². The molecule has 0 aromatic heterocycles. The van der Waals surface area contributed by atoms with E-state index in [0.29, 0.717) is 0 Å². The van der Waals surface area contributed by atoms with E-state index in [2.05, 4.69) is 4.12 Å². The van der Waals surface area contributed by atoms with Gasteiger partial charge in [0.05, 0.1) is 0 Å².